The fourth-order valence-corrected chi connectivity index (χ4v) is 4.66. The zero-order chi connectivity index (χ0) is 19.7. The van der Waals surface area contributed by atoms with Crippen LogP contribution in [0.25, 0.3) is 20.7 Å². The first-order valence-corrected chi connectivity index (χ1v) is 9.98. The molecule has 0 aliphatic heterocycles. The number of carbonyl (C=O) groups excluding carboxylic acids is 1. The van der Waals surface area contributed by atoms with Crippen molar-refractivity contribution in [3.63, 3.8) is 0 Å². The summed E-state index contributed by atoms with van der Waals surface area (Å²) in [5.74, 6) is -0.360. The van der Waals surface area contributed by atoms with Gasteiger partial charge in [0, 0.05) is 27.6 Å². The fraction of sp³-hybridized carbons (Fsp3) is 0.100. The molecule has 0 aliphatic carbocycles. The lowest BCUT2D eigenvalue weighted by atomic mass is 10.1. The Kier molecular flexibility index (Phi) is 4.91. The molecule has 2 heterocycles. The second-order valence-electron chi connectivity index (χ2n) is 6.06. The first kappa shape index (κ1) is 18.6. The fourth-order valence-electron chi connectivity index (χ4n) is 2.77. The molecule has 3 nitrogen and oxygen atoms in total. The molecule has 0 spiro atoms. The van der Waals surface area contributed by atoms with Gasteiger partial charge < -0.3 is 5.32 Å². The van der Waals surface area contributed by atoms with E-state index < -0.39 is 11.7 Å². The van der Waals surface area contributed by atoms with Crippen LogP contribution in [0.4, 0.5) is 13.2 Å². The van der Waals surface area contributed by atoms with Crippen molar-refractivity contribution in [2.75, 3.05) is 0 Å². The lowest BCUT2D eigenvalue weighted by Crippen LogP contribution is -2.22. The smallest absolute Gasteiger partial charge is 0.347 e. The minimum absolute atomic E-state index is 0.0113. The van der Waals surface area contributed by atoms with E-state index in [0.717, 1.165) is 32.8 Å². The number of carbonyl (C=O) groups is 1. The van der Waals surface area contributed by atoms with E-state index in [1.54, 1.807) is 17.4 Å². The van der Waals surface area contributed by atoms with Crippen LogP contribution in [0.1, 0.15) is 20.8 Å². The van der Waals surface area contributed by atoms with Crippen LogP contribution in [0.15, 0.2) is 60.1 Å². The van der Waals surface area contributed by atoms with Crippen LogP contribution in [0, 0.1) is 0 Å². The Hall–Kier alpha value is -2.71. The number of aromatic nitrogens is 1. The molecule has 2 aromatic heterocycles. The summed E-state index contributed by atoms with van der Waals surface area (Å²) in [6, 6.07) is 12.9. The number of nitrogens with zero attached hydrogens (tertiary/aromatic N) is 1. The standard InChI is InChI=1S/C20H13F3N2OS2/c21-20(22,23)13-5-3-4-12(8-13)9-24-18(26)17-10-25-19(28-17)15-11-27-16-7-2-1-6-14(15)16/h1-8,10-11H,9H2,(H,24,26). The molecule has 0 saturated carbocycles. The van der Waals surface area contributed by atoms with Crippen molar-refractivity contribution in [2.24, 2.45) is 0 Å². The van der Waals surface area contributed by atoms with Gasteiger partial charge in [0.2, 0.25) is 0 Å². The van der Waals surface area contributed by atoms with E-state index in [0.29, 0.717) is 10.4 Å². The van der Waals surface area contributed by atoms with Gasteiger partial charge in [0.25, 0.3) is 5.91 Å². The average molecular weight is 418 g/mol. The maximum atomic E-state index is 12.8. The normalized spacial score (nSPS) is 11.7. The summed E-state index contributed by atoms with van der Waals surface area (Å²) < 4.78 is 39.5. The number of thiophene rings is 1. The van der Waals surface area contributed by atoms with Crippen LogP contribution < -0.4 is 5.32 Å². The van der Waals surface area contributed by atoms with Gasteiger partial charge in [-0.05, 0) is 23.8 Å². The molecule has 1 N–H and O–H groups in total. The maximum absolute atomic E-state index is 12.8. The molecule has 4 aromatic rings. The number of nitrogens with one attached hydrogen (secondary N) is 1. The van der Waals surface area contributed by atoms with Gasteiger partial charge in [0.1, 0.15) is 9.88 Å². The predicted molar refractivity (Wildman–Crippen MR) is 106 cm³/mol. The highest BCUT2D eigenvalue weighted by atomic mass is 32.1. The number of amides is 1. The summed E-state index contributed by atoms with van der Waals surface area (Å²) in [5.41, 5.74) is 0.628. The largest absolute Gasteiger partial charge is 0.416 e. The highest BCUT2D eigenvalue weighted by Crippen LogP contribution is 2.36. The Morgan fingerprint density at radius 1 is 1.11 bits per heavy atom. The van der Waals surface area contributed by atoms with Crippen molar-refractivity contribution in [3.8, 4) is 10.6 Å². The Morgan fingerprint density at radius 3 is 2.75 bits per heavy atom. The number of halogens is 3. The Morgan fingerprint density at radius 2 is 1.93 bits per heavy atom. The molecule has 142 valence electrons. The number of fused-ring (bicyclic) bond motifs is 1. The first-order valence-electron chi connectivity index (χ1n) is 8.28. The summed E-state index contributed by atoms with van der Waals surface area (Å²) in [7, 11) is 0. The van der Waals surface area contributed by atoms with Crippen molar-refractivity contribution >= 4 is 38.7 Å². The molecule has 0 atom stereocenters. The summed E-state index contributed by atoms with van der Waals surface area (Å²) in [6.45, 7) is 0.0113. The van der Waals surface area contributed by atoms with Crippen LogP contribution in [0.3, 0.4) is 0 Å². The Bertz CT molecular complexity index is 1150. The van der Waals surface area contributed by atoms with E-state index in [9.17, 15) is 18.0 Å². The van der Waals surface area contributed by atoms with Gasteiger partial charge in [0.15, 0.2) is 0 Å². The third kappa shape index (κ3) is 3.79. The number of benzene rings is 2. The van der Waals surface area contributed by atoms with Gasteiger partial charge >= 0.3 is 6.18 Å². The van der Waals surface area contributed by atoms with E-state index in [1.807, 2.05) is 29.6 Å². The molecule has 0 unspecified atom stereocenters. The predicted octanol–water partition coefficient (Wildman–Crippen LogP) is 5.97. The van der Waals surface area contributed by atoms with Crippen molar-refractivity contribution in [1.82, 2.24) is 10.3 Å². The van der Waals surface area contributed by atoms with Gasteiger partial charge in [-0.2, -0.15) is 13.2 Å². The average Bonchev–Trinajstić information content (AvgIpc) is 3.32. The highest BCUT2D eigenvalue weighted by Gasteiger charge is 2.30. The molecule has 0 radical (unpaired) electrons. The third-order valence-corrected chi connectivity index (χ3v) is 6.14. The van der Waals surface area contributed by atoms with Gasteiger partial charge in [-0.3, -0.25) is 4.79 Å². The number of alkyl halides is 3. The number of hydrogen-bond donors (Lipinski definition) is 1. The molecule has 0 aliphatic rings. The number of hydrogen-bond acceptors (Lipinski definition) is 4. The van der Waals surface area contributed by atoms with Gasteiger partial charge in [-0.15, -0.1) is 22.7 Å². The first-order chi connectivity index (χ1) is 13.4. The quantitative estimate of drug-likeness (QED) is 0.443. The van der Waals surface area contributed by atoms with Crippen molar-refractivity contribution < 1.29 is 18.0 Å². The van der Waals surface area contributed by atoms with E-state index >= 15 is 0 Å². The SMILES string of the molecule is O=C(NCc1cccc(C(F)(F)F)c1)c1cnc(-c2csc3ccccc23)s1. The monoisotopic (exact) mass is 418 g/mol. The molecular weight excluding hydrogens is 405 g/mol. The van der Waals surface area contributed by atoms with E-state index in [2.05, 4.69) is 10.3 Å². The summed E-state index contributed by atoms with van der Waals surface area (Å²) in [5, 5.41) is 6.48. The topological polar surface area (TPSA) is 42.0 Å². The van der Waals surface area contributed by atoms with E-state index in [1.165, 1.54) is 23.6 Å². The molecular formula is C20H13F3N2OS2. The van der Waals surface area contributed by atoms with Crippen LogP contribution in [-0.4, -0.2) is 10.9 Å². The highest BCUT2D eigenvalue weighted by molar-refractivity contribution is 7.19. The second-order valence-corrected chi connectivity index (χ2v) is 8.00. The lowest BCUT2D eigenvalue weighted by molar-refractivity contribution is -0.137. The molecule has 0 fully saturated rings. The van der Waals surface area contributed by atoms with Crippen LogP contribution >= 0.6 is 22.7 Å². The number of rotatable bonds is 4. The molecule has 0 bridgehead atoms. The van der Waals surface area contributed by atoms with Crippen molar-refractivity contribution in [2.45, 2.75) is 12.7 Å². The van der Waals surface area contributed by atoms with Gasteiger partial charge in [-0.1, -0.05) is 30.3 Å². The van der Waals surface area contributed by atoms with E-state index in [4.69, 9.17) is 0 Å². The minimum Gasteiger partial charge on any atom is -0.347 e. The Labute approximate surface area is 166 Å². The van der Waals surface area contributed by atoms with Crippen LogP contribution in [0.2, 0.25) is 0 Å². The molecule has 8 heteroatoms. The summed E-state index contributed by atoms with van der Waals surface area (Å²) in [4.78, 5) is 17.1. The molecule has 2 aromatic carbocycles. The van der Waals surface area contributed by atoms with Crippen molar-refractivity contribution in [1.29, 1.82) is 0 Å². The van der Waals surface area contributed by atoms with Crippen LogP contribution in [-0.2, 0) is 12.7 Å². The molecule has 0 saturated heterocycles. The summed E-state index contributed by atoms with van der Waals surface area (Å²) in [6.07, 6.45) is -2.91. The van der Waals surface area contributed by atoms with Crippen molar-refractivity contribution in [3.05, 3.63) is 76.1 Å². The van der Waals surface area contributed by atoms with E-state index in [-0.39, 0.29) is 12.5 Å². The van der Waals surface area contributed by atoms with Gasteiger partial charge in [-0.25, -0.2) is 4.98 Å². The zero-order valence-electron chi connectivity index (χ0n) is 14.3. The second kappa shape index (κ2) is 7.37. The maximum Gasteiger partial charge on any atom is 0.416 e. The summed E-state index contributed by atoms with van der Waals surface area (Å²) >= 11 is 2.87. The van der Waals surface area contributed by atoms with Crippen LogP contribution in [0.5, 0.6) is 0 Å². The Balaban J connectivity index is 1.48. The zero-order valence-corrected chi connectivity index (χ0v) is 15.9. The molecule has 1 amide bonds. The lowest BCUT2D eigenvalue weighted by Gasteiger charge is -2.09. The number of thiazole rings is 1. The molecule has 28 heavy (non-hydrogen) atoms. The molecule has 4 rings (SSSR count). The third-order valence-electron chi connectivity index (χ3n) is 4.15. The van der Waals surface area contributed by atoms with Gasteiger partial charge in [0.05, 0.1) is 11.8 Å². The minimum atomic E-state index is -4.41.